The molecule has 1 N–H and O–H groups in total. The third-order valence-electron chi connectivity index (χ3n) is 5.69. The number of nitrogens with zero attached hydrogens (tertiary/aromatic N) is 1. The highest BCUT2D eigenvalue weighted by molar-refractivity contribution is 5.81. The predicted molar refractivity (Wildman–Crippen MR) is 85.2 cm³/mol. The van der Waals surface area contributed by atoms with E-state index in [4.69, 9.17) is 4.74 Å². The van der Waals surface area contributed by atoms with Crippen molar-refractivity contribution < 1.29 is 9.53 Å². The zero-order valence-corrected chi connectivity index (χ0v) is 14.2. The fraction of sp³-hybridized carbons (Fsp3) is 0.941. The van der Waals surface area contributed by atoms with E-state index in [2.05, 4.69) is 24.2 Å². The average molecular weight is 296 g/mol. The summed E-state index contributed by atoms with van der Waals surface area (Å²) >= 11 is 0. The van der Waals surface area contributed by atoms with Gasteiger partial charge in [0.2, 0.25) is 0 Å². The first-order valence-corrected chi connectivity index (χ1v) is 8.60. The maximum Gasteiger partial charge on any atom is 0.326 e. The molecule has 21 heavy (non-hydrogen) atoms. The van der Waals surface area contributed by atoms with Gasteiger partial charge >= 0.3 is 5.97 Å². The van der Waals surface area contributed by atoms with Crippen molar-refractivity contribution in [3.8, 4) is 0 Å². The fourth-order valence-corrected chi connectivity index (χ4v) is 4.22. The molecule has 0 bridgehead atoms. The van der Waals surface area contributed by atoms with Crippen molar-refractivity contribution >= 4 is 5.97 Å². The molecule has 4 unspecified atom stereocenters. The standard InChI is InChI=1S/C17H32N2O2/c1-5-21-16(20)17(18-3)10-9-15(12-17)19(4)14-8-6-7-13(2)11-14/h13-15,18H,5-12H2,1-4H3. The van der Waals surface area contributed by atoms with Gasteiger partial charge in [-0.3, -0.25) is 4.79 Å². The molecule has 0 heterocycles. The van der Waals surface area contributed by atoms with E-state index in [0.29, 0.717) is 18.7 Å². The maximum absolute atomic E-state index is 12.3. The first kappa shape index (κ1) is 16.8. The lowest BCUT2D eigenvalue weighted by Gasteiger charge is -2.38. The van der Waals surface area contributed by atoms with E-state index >= 15 is 0 Å². The van der Waals surface area contributed by atoms with Crippen LogP contribution < -0.4 is 5.32 Å². The highest BCUT2D eigenvalue weighted by Crippen LogP contribution is 2.37. The normalized spacial score (nSPS) is 36.9. The van der Waals surface area contributed by atoms with Crippen molar-refractivity contribution in [3.05, 3.63) is 0 Å². The van der Waals surface area contributed by atoms with Crippen LogP contribution in [0.1, 0.15) is 58.8 Å². The van der Waals surface area contributed by atoms with Crippen molar-refractivity contribution in [3.63, 3.8) is 0 Å². The van der Waals surface area contributed by atoms with Crippen LogP contribution in [0, 0.1) is 5.92 Å². The van der Waals surface area contributed by atoms with Gasteiger partial charge in [-0.05, 0) is 59.0 Å². The SMILES string of the molecule is CCOC(=O)C1(NC)CCC(N(C)C2CCCC(C)C2)C1. The van der Waals surface area contributed by atoms with Crippen LogP contribution >= 0.6 is 0 Å². The van der Waals surface area contributed by atoms with Crippen molar-refractivity contribution in [2.45, 2.75) is 76.4 Å². The summed E-state index contributed by atoms with van der Waals surface area (Å²) in [6.45, 7) is 4.71. The Kier molecular flexibility index (Phi) is 5.67. The van der Waals surface area contributed by atoms with Crippen LogP contribution in [0.4, 0.5) is 0 Å². The van der Waals surface area contributed by atoms with Gasteiger partial charge in [0.05, 0.1) is 6.61 Å². The minimum Gasteiger partial charge on any atom is -0.465 e. The number of nitrogens with one attached hydrogen (secondary N) is 1. The summed E-state index contributed by atoms with van der Waals surface area (Å²) in [5.74, 6) is 0.770. The van der Waals surface area contributed by atoms with Crippen LogP contribution in [-0.4, -0.2) is 49.2 Å². The number of hydrogen-bond acceptors (Lipinski definition) is 4. The number of hydrogen-bond donors (Lipinski definition) is 1. The zero-order chi connectivity index (χ0) is 15.5. The smallest absolute Gasteiger partial charge is 0.326 e. The molecule has 4 nitrogen and oxygen atoms in total. The van der Waals surface area contributed by atoms with Gasteiger partial charge in [0, 0.05) is 12.1 Å². The van der Waals surface area contributed by atoms with Crippen LogP contribution in [0.5, 0.6) is 0 Å². The summed E-state index contributed by atoms with van der Waals surface area (Å²) in [6, 6.07) is 1.19. The number of rotatable bonds is 5. The minimum atomic E-state index is -0.463. The summed E-state index contributed by atoms with van der Waals surface area (Å²) in [6.07, 6.45) is 8.18. The number of ether oxygens (including phenoxy) is 1. The first-order chi connectivity index (χ1) is 10.0. The number of carbonyl (C=O) groups excluding carboxylic acids is 1. The summed E-state index contributed by atoms with van der Waals surface area (Å²) in [4.78, 5) is 14.8. The van der Waals surface area contributed by atoms with Gasteiger partial charge in [0.25, 0.3) is 0 Å². The van der Waals surface area contributed by atoms with E-state index in [1.807, 2.05) is 14.0 Å². The van der Waals surface area contributed by atoms with Crippen LogP contribution in [0.3, 0.4) is 0 Å². The fourth-order valence-electron chi connectivity index (χ4n) is 4.22. The predicted octanol–water partition coefficient (Wildman–Crippen LogP) is 2.57. The van der Waals surface area contributed by atoms with Crippen molar-refractivity contribution in [1.82, 2.24) is 10.2 Å². The monoisotopic (exact) mass is 296 g/mol. The summed E-state index contributed by atoms with van der Waals surface area (Å²) < 4.78 is 5.29. The second kappa shape index (κ2) is 7.10. The topological polar surface area (TPSA) is 41.6 Å². The molecule has 0 aromatic rings. The Hall–Kier alpha value is -0.610. The van der Waals surface area contributed by atoms with E-state index in [0.717, 1.165) is 25.2 Å². The lowest BCUT2D eigenvalue weighted by atomic mass is 9.85. The second-order valence-electron chi connectivity index (χ2n) is 7.04. The maximum atomic E-state index is 12.3. The summed E-state index contributed by atoms with van der Waals surface area (Å²) in [5.41, 5.74) is -0.463. The van der Waals surface area contributed by atoms with Crippen LogP contribution in [-0.2, 0) is 9.53 Å². The Morgan fingerprint density at radius 2 is 2.10 bits per heavy atom. The Labute approximate surface area is 129 Å². The van der Waals surface area contributed by atoms with Gasteiger partial charge in [-0.25, -0.2) is 0 Å². The lowest BCUT2D eigenvalue weighted by molar-refractivity contribution is -0.151. The molecule has 2 aliphatic rings. The average Bonchev–Trinajstić information content (AvgIpc) is 2.92. The molecule has 0 aliphatic heterocycles. The van der Waals surface area contributed by atoms with E-state index < -0.39 is 5.54 Å². The quantitative estimate of drug-likeness (QED) is 0.792. The molecule has 2 fully saturated rings. The molecular weight excluding hydrogens is 264 g/mol. The molecular formula is C17H32N2O2. The Morgan fingerprint density at radius 3 is 2.71 bits per heavy atom. The molecule has 0 aromatic carbocycles. The lowest BCUT2D eigenvalue weighted by Crippen LogP contribution is -2.51. The highest BCUT2D eigenvalue weighted by atomic mass is 16.5. The van der Waals surface area contributed by atoms with Gasteiger partial charge in [0.15, 0.2) is 0 Å². The highest BCUT2D eigenvalue weighted by Gasteiger charge is 2.47. The van der Waals surface area contributed by atoms with Crippen molar-refractivity contribution in [1.29, 1.82) is 0 Å². The number of esters is 1. The van der Waals surface area contributed by atoms with Gasteiger partial charge in [-0.15, -0.1) is 0 Å². The third-order valence-corrected chi connectivity index (χ3v) is 5.69. The van der Waals surface area contributed by atoms with E-state index in [1.165, 1.54) is 25.7 Å². The largest absolute Gasteiger partial charge is 0.465 e. The molecule has 0 spiro atoms. The van der Waals surface area contributed by atoms with E-state index in [-0.39, 0.29) is 5.97 Å². The Balaban J connectivity index is 1.98. The van der Waals surface area contributed by atoms with E-state index in [1.54, 1.807) is 0 Å². The van der Waals surface area contributed by atoms with Crippen molar-refractivity contribution in [2.75, 3.05) is 20.7 Å². The van der Waals surface area contributed by atoms with Gasteiger partial charge in [-0.2, -0.15) is 0 Å². The molecule has 0 aromatic heterocycles. The van der Waals surface area contributed by atoms with Crippen LogP contribution in [0.15, 0.2) is 0 Å². The Bertz CT molecular complexity index is 361. The molecule has 0 radical (unpaired) electrons. The third kappa shape index (κ3) is 3.59. The van der Waals surface area contributed by atoms with E-state index in [9.17, 15) is 4.79 Å². The van der Waals surface area contributed by atoms with Crippen LogP contribution in [0.25, 0.3) is 0 Å². The summed E-state index contributed by atoms with van der Waals surface area (Å²) in [7, 11) is 4.15. The van der Waals surface area contributed by atoms with Gasteiger partial charge in [-0.1, -0.05) is 19.8 Å². The number of likely N-dealkylation sites (N-methyl/N-ethyl adjacent to an activating group) is 1. The van der Waals surface area contributed by atoms with Gasteiger partial charge < -0.3 is 15.0 Å². The molecule has 2 rings (SSSR count). The second-order valence-corrected chi connectivity index (χ2v) is 7.04. The molecule has 2 saturated carbocycles. The molecule has 4 atom stereocenters. The molecule has 2 aliphatic carbocycles. The molecule has 4 heteroatoms. The first-order valence-electron chi connectivity index (χ1n) is 8.60. The molecule has 122 valence electrons. The molecule has 0 amide bonds. The molecule has 0 saturated heterocycles. The minimum absolute atomic E-state index is 0.0691. The Morgan fingerprint density at radius 1 is 1.33 bits per heavy atom. The van der Waals surface area contributed by atoms with Gasteiger partial charge in [0.1, 0.15) is 5.54 Å². The number of carbonyl (C=O) groups is 1. The summed E-state index contributed by atoms with van der Waals surface area (Å²) in [5, 5.41) is 3.26. The zero-order valence-electron chi connectivity index (χ0n) is 14.2. The van der Waals surface area contributed by atoms with Crippen LogP contribution in [0.2, 0.25) is 0 Å². The van der Waals surface area contributed by atoms with Crippen molar-refractivity contribution in [2.24, 2.45) is 5.92 Å².